The van der Waals surface area contributed by atoms with Crippen LogP contribution >= 0.6 is 23.2 Å². The molecule has 0 spiro atoms. The number of carbonyl (C=O) groups excluding carboxylic acids is 1. The molecular weight excluding hydrogens is 501 g/mol. The summed E-state index contributed by atoms with van der Waals surface area (Å²) in [6.45, 7) is 1.83. The summed E-state index contributed by atoms with van der Waals surface area (Å²) in [4.78, 5) is 34.9. The van der Waals surface area contributed by atoms with Gasteiger partial charge in [0.2, 0.25) is 5.91 Å². The lowest BCUT2D eigenvalue weighted by molar-refractivity contribution is -0.149. The number of benzene rings is 3. The van der Waals surface area contributed by atoms with E-state index in [0.29, 0.717) is 16.5 Å². The van der Waals surface area contributed by atoms with E-state index >= 15 is 0 Å². The molecule has 0 saturated heterocycles. The van der Waals surface area contributed by atoms with Crippen molar-refractivity contribution in [2.75, 3.05) is 0 Å². The second-order valence-corrected chi connectivity index (χ2v) is 9.59. The van der Waals surface area contributed by atoms with Gasteiger partial charge in [-0.05, 0) is 53.4 Å². The Morgan fingerprint density at radius 2 is 1.64 bits per heavy atom. The predicted octanol–water partition coefficient (Wildman–Crippen LogP) is 6.09. The Morgan fingerprint density at radius 3 is 2.31 bits per heavy atom. The Labute approximate surface area is 219 Å². The van der Waals surface area contributed by atoms with E-state index in [1.165, 1.54) is 0 Å². The third kappa shape index (κ3) is 7.83. The van der Waals surface area contributed by atoms with Gasteiger partial charge < -0.3 is 15.5 Å². The lowest BCUT2D eigenvalue weighted by Gasteiger charge is -2.23. The monoisotopic (exact) mass is 527 g/mol. The van der Waals surface area contributed by atoms with Gasteiger partial charge in [-0.3, -0.25) is 14.4 Å². The van der Waals surface area contributed by atoms with Crippen LogP contribution < -0.4 is 5.32 Å². The molecule has 0 aromatic heterocycles. The highest BCUT2D eigenvalue weighted by molar-refractivity contribution is 6.42. The quantitative estimate of drug-likeness (QED) is 0.280. The number of carboxylic acid groups (broad SMARTS) is 2. The number of carbonyl (C=O) groups is 3. The number of aliphatic carboxylic acids is 2. The summed E-state index contributed by atoms with van der Waals surface area (Å²) in [5.41, 5.74) is 1.92. The number of hydrogen-bond acceptors (Lipinski definition) is 3. The second kappa shape index (κ2) is 12.6. The molecule has 3 aromatic rings. The van der Waals surface area contributed by atoms with Gasteiger partial charge in [-0.2, -0.15) is 0 Å². The minimum Gasteiger partial charge on any atom is -0.481 e. The first-order valence-electron chi connectivity index (χ1n) is 11.5. The van der Waals surface area contributed by atoms with Crippen molar-refractivity contribution in [1.29, 1.82) is 0 Å². The zero-order valence-electron chi connectivity index (χ0n) is 19.7. The van der Waals surface area contributed by atoms with Gasteiger partial charge in [0, 0.05) is 18.4 Å². The van der Waals surface area contributed by atoms with Gasteiger partial charge >= 0.3 is 11.9 Å². The van der Waals surface area contributed by atoms with Crippen LogP contribution in [0.2, 0.25) is 10.0 Å². The van der Waals surface area contributed by atoms with E-state index in [-0.39, 0.29) is 12.0 Å². The normalized spacial score (nSPS) is 13.9. The highest BCUT2D eigenvalue weighted by Gasteiger charge is 2.26. The van der Waals surface area contributed by atoms with Crippen molar-refractivity contribution in [2.24, 2.45) is 11.8 Å². The fraction of sp³-hybridized carbons (Fsp3) is 0.250. The van der Waals surface area contributed by atoms with Gasteiger partial charge in [-0.15, -0.1) is 0 Å². The van der Waals surface area contributed by atoms with E-state index in [2.05, 4.69) is 11.4 Å². The summed E-state index contributed by atoms with van der Waals surface area (Å²) in [6, 6.07) is 19.2. The summed E-state index contributed by atoms with van der Waals surface area (Å²) in [6.07, 6.45) is 3.50. The Kier molecular flexibility index (Phi) is 9.51. The fourth-order valence-electron chi connectivity index (χ4n) is 4.00. The predicted molar refractivity (Wildman–Crippen MR) is 142 cm³/mol. The van der Waals surface area contributed by atoms with Gasteiger partial charge in [0.25, 0.3) is 0 Å². The molecule has 3 aromatic carbocycles. The molecular formula is C28H27Cl2NO5. The molecule has 1 amide bonds. The van der Waals surface area contributed by atoms with Crippen LogP contribution in [-0.2, 0) is 20.8 Å². The molecule has 3 unspecified atom stereocenters. The van der Waals surface area contributed by atoms with Gasteiger partial charge in [-0.1, -0.05) is 77.8 Å². The van der Waals surface area contributed by atoms with Crippen molar-refractivity contribution in [3.05, 3.63) is 87.9 Å². The zero-order chi connectivity index (χ0) is 26.2. The number of amides is 1. The van der Waals surface area contributed by atoms with Crippen molar-refractivity contribution in [1.82, 2.24) is 5.32 Å². The average molecular weight is 528 g/mol. The van der Waals surface area contributed by atoms with Crippen molar-refractivity contribution in [3.8, 4) is 0 Å². The lowest BCUT2D eigenvalue weighted by atomic mass is 9.91. The van der Waals surface area contributed by atoms with Gasteiger partial charge in [0.1, 0.15) is 0 Å². The molecule has 0 aliphatic heterocycles. The van der Waals surface area contributed by atoms with Gasteiger partial charge in [0.05, 0.1) is 22.4 Å². The first kappa shape index (κ1) is 27.2. The maximum absolute atomic E-state index is 12.6. The van der Waals surface area contributed by atoms with Crippen LogP contribution in [-0.4, -0.2) is 34.1 Å². The standard InChI is InChI=1S/C28H27Cl2NO5/c1-17(31-26(32)15-23(28(35)36)16-27(33)34)21(13-19-8-11-24(29)25(30)14-19)10-7-18-6-9-20-4-2-3-5-22(20)12-18/h2-12,14,17,21,23H,13,15-16H2,1H3,(H,31,32)(H,33,34)(H,35,36). The third-order valence-corrected chi connectivity index (χ3v) is 6.74. The molecule has 6 nitrogen and oxygen atoms in total. The minimum absolute atomic E-state index is 0.166. The summed E-state index contributed by atoms with van der Waals surface area (Å²) in [7, 11) is 0. The van der Waals surface area contributed by atoms with Gasteiger partial charge in [-0.25, -0.2) is 0 Å². The second-order valence-electron chi connectivity index (χ2n) is 8.78. The van der Waals surface area contributed by atoms with Gasteiger partial charge in [0.15, 0.2) is 0 Å². The number of nitrogens with one attached hydrogen (secondary N) is 1. The molecule has 188 valence electrons. The highest BCUT2D eigenvalue weighted by atomic mass is 35.5. The molecule has 0 heterocycles. The summed E-state index contributed by atoms with van der Waals surface area (Å²) in [5.74, 6) is -4.56. The first-order chi connectivity index (χ1) is 17.1. The Hall–Kier alpha value is -3.35. The Balaban J connectivity index is 1.80. The van der Waals surface area contributed by atoms with Crippen molar-refractivity contribution >= 4 is 57.9 Å². The molecule has 0 radical (unpaired) electrons. The average Bonchev–Trinajstić information content (AvgIpc) is 2.82. The maximum Gasteiger partial charge on any atom is 0.307 e. The smallest absolute Gasteiger partial charge is 0.307 e. The Bertz CT molecular complexity index is 1290. The van der Waals surface area contributed by atoms with E-state index in [9.17, 15) is 19.5 Å². The van der Waals surface area contributed by atoms with E-state index in [4.69, 9.17) is 28.3 Å². The summed E-state index contributed by atoms with van der Waals surface area (Å²) < 4.78 is 0. The van der Waals surface area contributed by atoms with Crippen LogP contribution in [0.3, 0.4) is 0 Å². The SMILES string of the molecule is CC(NC(=O)CC(CC(=O)O)C(=O)O)C(C=Cc1ccc2ccccc2c1)Cc1ccc(Cl)c(Cl)c1. The Morgan fingerprint density at radius 1 is 0.917 bits per heavy atom. The van der Waals surface area contributed by atoms with E-state index < -0.39 is 36.6 Å². The molecule has 0 aliphatic rings. The van der Waals surface area contributed by atoms with Crippen molar-refractivity contribution in [3.63, 3.8) is 0 Å². The number of fused-ring (bicyclic) bond motifs is 1. The van der Waals surface area contributed by atoms with Crippen LogP contribution in [0.25, 0.3) is 16.8 Å². The van der Waals surface area contributed by atoms with Crippen LogP contribution in [0.5, 0.6) is 0 Å². The molecule has 0 fully saturated rings. The topological polar surface area (TPSA) is 104 Å². The molecule has 0 saturated carbocycles. The van der Waals surface area contributed by atoms with Crippen LogP contribution in [0, 0.1) is 11.8 Å². The third-order valence-electron chi connectivity index (χ3n) is 6.00. The lowest BCUT2D eigenvalue weighted by Crippen LogP contribution is -2.40. The molecule has 8 heteroatoms. The summed E-state index contributed by atoms with van der Waals surface area (Å²) >= 11 is 12.2. The first-order valence-corrected chi connectivity index (χ1v) is 12.2. The molecule has 3 N–H and O–H groups in total. The molecule has 36 heavy (non-hydrogen) atoms. The molecule has 0 aliphatic carbocycles. The maximum atomic E-state index is 12.6. The molecule has 0 bridgehead atoms. The zero-order valence-corrected chi connectivity index (χ0v) is 21.2. The number of carboxylic acids is 2. The highest BCUT2D eigenvalue weighted by Crippen LogP contribution is 2.26. The summed E-state index contributed by atoms with van der Waals surface area (Å²) in [5, 5.41) is 24.2. The number of rotatable bonds is 11. The van der Waals surface area contributed by atoms with Crippen LogP contribution in [0.1, 0.15) is 30.9 Å². The minimum atomic E-state index is -1.32. The van der Waals surface area contributed by atoms with Crippen molar-refractivity contribution < 1.29 is 24.6 Å². The van der Waals surface area contributed by atoms with Crippen LogP contribution in [0.4, 0.5) is 0 Å². The van der Waals surface area contributed by atoms with E-state index in [1.807, 2.05) is 61.5 Å². The molecule has 3 atom stereocenters. The van der Waals surface area contributed by atoms with Crippen LogP contribution in [0.15, 0.2) is 66.7 Å². The number of halogens is 2. The number of hydrogen-bond donors (Lipinski definition) is 3. The molecule has 3 rings (SSSR count). The van der Waals surface area contributed by atoms with Crippen molar-refractivity contribution in [2.45, 2.75) is 32.2 Å². The van der Waals surface area contributed by atoms with E-state index in [0.717, 1.165) is 21.9 Å². The fourth-order valence-corrected chi connectivity index (χ4v) is 4.32. The van der Waals surface area contributed by atoms with E-state index in [1.54, 1.807) is 12.1 Å². The largest absolute Gasteiger partial charge is 0.481 e.